The summed E-state index contributed by atoms with van der Waals surface area (Å²) in [5, 5.41) is 0. The lowest BCUT2D eigenvalue weighted by Crippen LogP contribution is -2.49. The Kier molecular flexibility index (Phi) is 9.27. The van der Waals surface area contributed by atoms with E-state index in [0.717, 1.165) is 16.9 Å². The maximum absolute atomic E-state index is 13.3. The highest BCUT2D eigenvalue weighted by molar-refractivity contribution is 7.89. The molecule has 3 aromatic carbocycles. The van der Waals surface area contributed by atoms with E-state index in [1.165, 1.54) is 30.2 Å². The molecule has 1 fully saturated rings. The van der Waals surface area contributed by atoms with E-state index in [1.54, 1.807) is 19.2 Å². The highest BCUT2D eigenvalue weighted by Crippen LogP contribution is 2.31. The van der Waals surface area contributed by atoms with Gasteiger partial charge >= 0.3 is 0 Å². The van der Waals surface area contributed by atoms with Crippen molar-refractivity contribution in [3.05, 3.63) is 83.4 Å². The fourth-order valence-corrected chi connectivity index (χ4v) is 5.93. The number of piperazine rings is 1. The summed E-state index contributed by atoms with van der Waals surface area (Å²) in [6.45, 7) is 5.16. The van der Waals surface area contributed by atoms with Gasteiger partial charge in [0.25, 0.3) is 0 Å². The number of methoxy groups -OCH3 is 3. The summed E-state index contributed by atoms with van der Waals surface area (Å²) in [4.78, 5) is 2.44. The number of sulfonamides is 1. The topological polar surface area (TPSA) is 77.5 Å². The Balaban J connectivity index is 1.44. The van der Waals surface area contributed by atoms with Gasteiger partial charge in [-0.15, -0.1) is 0 Å². The highest BCUT2D eigenvalue weighted by atomic mass is 32.2. The molecular weight excluding hydrogens is 504 g/mol. The van der Waals surface area contributed by atoms with Crippen molar-refractivity contribution in [3.8, 4) is 17.2 Å². The Morgan fingerprint density at radius 2 is 1.53 bits per heavy atom. The maximum atomic E-state index is 13.3. The molecule has 8 nitrogen and oxygen atoms in total. The van der Waals surface area contributed by atoms with Crippen molar-refractivity contribution in [3.63, 3.8) is 0 Å². The van der Waals surface area contributed by atoms with Crippen LogP contribution >= 0.6 is 0 Å². The number of nitrogens with zero attached hydrogens (tertiary/aromatic N) is 2. The molecule has 0 saturated carbocycles. The van der Waals surface area contributed by atoms with Gasteiger partial charge in [0.05, 0.1) is 38.9 Å². The number of hydrogen-bond acceptors (Lipinski definition) is 7. The quantitative estimate of drug-likeness (QED) is 0.359. The zero-order valence-corrected chi connectivity index (χ0v) is 23.2. The van der Waals surface area contributed by atoms with E-state index < -0.39 is 10.0 Å². The number of ether oxygens (including phenoxy) is 4. The lowest BCUT2D eigenvalue weighted by molar-refractivity contribution is 0.00762. The fourth-order valence-electron chi connectivity index (χ4n) is 4.49. The standard InChI is InChI=1S/C29H36N2O6S/c1-22-8-10-23(11-9-22)21-37-29(24-6-5-7-25(18-24)34-2)20-30-14-16-31(17-15-30)38(32,33)26-12-13-27(35-3)28(19-26)36-4/h5-13,18-19,29H,14-17,20-21H2,1-4H3/t29-/m1/s1. The van der Waals surface area contributed by atoms with Crippen molar-refractivity contribution in [2.75, 3.05) is 54.1 Å². The minimum absolute atomic E-state index is 0.194. The molecule has 4 rings (SSSR count). The molecular formula is C29H36N2O6S. The highest BCUT2D eigenvalue weighted by Gasteiger charge is 2.30. The van der Waals surface area contributed by atoms with Crippen LogP contribution in [0.15, 0.2) is 71.6 Å². The van der Waals surface area contributed by atoms with Gasteiger partial charge in [-0.05, 0) is 42.3 Å². The van der Waals surface area contributed by atoms with Crippen molar-refractivity contribution in [2.45, 2.75) is 24.5 Å². The number of hydrogen-bond donors (Lipinski definition) is 0. The smallest absolute Gasteiger partial charge is 0.243 e. The van der Waals surface area contributed by atoms with E-state index in [1.807, 2.05) is 24.3 Å². The van der Waals surface area contributed by atoms with Gasteiger partial charge in [-0.25, -0.2) is 8.42 Å². The van der Waals surface area contributed by atoms with Crippen LogP contribution in [0.5, 0.6) is 17.2 Å². The molecule has 0 aliphatic carbocycles. The van der Waals surface area contributed by atoms with Gasteiger partial charge in [0.2, 0.25) is 10.0 Å². The molecule has 1 aliphatic rings. The molecule has 9 heteroatoms. The average molecular weight is 541 g/mol. The van der Waals surface area contributed by atoms with Gasteiger partial charge in [-0.2, -0.15) is 4.31 Å². The van der Waals surface area contributed by atoms with Gasteiger partial charge in [-0.1, -0.05) is 42.0 Å². The van der Waals surface area contributed by atoms with Crippen molar-refractivity contribution in [1.82, 2.24) is 9.21 Å². The Bertz CT molecular complexity index is 1300. The molecule has 0 aromatic heterocycles. The van der Waals surface area contributed by atoms with Crippen molar-refractivity contribution in [2.24, 2.45) is 0 Å². The molecule has 3 aromatic rings. The average Bonchev–Trinajstić information content (AvgIpc) is 2.96. The third-order valence-corrected chi connectivity index (χ3v) is 8.68. The summed E-state index contributed by atoms with van der Waals surface area (Å²) >= 11 is 0. The molecule has 1 heterocycles. The van der Waals surface area contributed by atoms with Crippen LogP contribution in [-0.4, -0.2) is 71.7 Å². The van der Waals surface area contributed by atoms with E-state index in [9.17, 15) is 8.42 Å². The van der Waals surface area contributed by atoms with Crippen LogP contribution in [0.2, 0.25) is 0 Å². The van der Waals surface area contributed by atoms with Gasteiger partial charge < -0.3 is 18.9 Å². The molecule has 0 spiro atoms. The molecule has 0 bridgehead atoms. The fraction of sp³-hybridized carbons (Fsp3) is 0.379. The second-order valence-corrected chi connectivity index (χ2v) is 11.2. The zero-order chi connectivity index (χ0) is 27.1. The van der Waals surface area contributed by atoms with E-state index in [-0.39, 0.29) is 11.0 Å². The molecule has 38 heavy (non-hydrogen) atoms. The van der Waals surface area contributed by atoms with Crippen molar-refractivity contribution in [1.29, 1.82) is 0 Å². The van der Waals surface area contributed by atoms with Crippen molar-refractivity contribution >= 4 is 10.0 Å². The third-order valence-electron chi connectivity index (χ3n) is 6.79. The van der Waals surface area contributed by atoms with Crippen LogP contribution in [0, 0.1) is 6.92 Å². The zero-order valence-electron chi connectivity index (χ0n) is 22.4. The summed E-state index contributed by atoms with van der Waals surface area (Å²) < 4.78 is 50.6. The molecule has 0 radical (unpaired) electrons. The molecule has 0 N–H and O–H groups in total. The second kappa shape index (κ2) is 12.6. The van der Waals surface area contributed by atoms with Gasteiger partial charge in [0, 0.05) is 38.8 Å². The third kappa shape index (κ3) is 6.66. The number of rotatable bonds is 11. The first-order chi connectivity index (χ1) is 18.3. The lowest BCUT2D eigenvalue weighted by Gasteiger charge is -2.36. The molecule has 204 valence electrons. The van der Waals surface area contributed by atoms with Gasteiger partial charge in [0.15, 0.2) is 11.5 Å². The lowest BCUT2D eigenvalue weighted by atomic mass is 10.1. The van der Waals surface area contributed by atoms with Crippen molar-refractivity contribution < 1.29 is 27.4 Å². The Hall–Kier alpha value is -3.11. The number of benzene rings is 3. The minimum Gasteiger partial charge on any atom is -0.497 e. The van der Waals surface area contributed by atoms with Crippen LogP contribution in [0.4, 0.5) is 0 Å². The summed E-state index contributed by atoms with van der Waals surface area (Å²) in [7, 11) is 1.01. The minimum atomic E-state index is -3.66. The van der Waals surface area contributed by atoms with E-state index in [2.05, 4.69) is 36.1 Å². The SMILES string of the molecule is COc1cccc([C@@H](CN2CCN(S(=O)(=O)c3ccc(OC)c(OC)c3)CC2)OCc2ccc(C)cc2)c1. The summed E-state index contributed by atoms with van der Waals surface area (Å²) in [5.41, 5.74) is 3.34. The molecule has 1 saturated heterocycles. The first kappa shape index (κ1) is 27.9. The largest absolute Gasteiger partial charge is 0.497 e. The number of aryl methyl sites for hydroxylation is 1. The first-order valence-corrected chi connectivity index (χ1v) is 14.0. The van der Waals surface area contributed by atoms with Crippen LogP contribution in [0.1, 0.15) is 22.8 Å². The van der Waals surface area contributed by atoms with E-state index >= 15 is 0 Å². The molecule has 1 aliphatic heterocycles. The van der Waals surface area contributed by atoms with Crippen LogP contribution in [-0.2, 0) is 21.4 Å². The van der Waals surface area contributed by atoms with Crippen LogP contribution < -0.4 is 14.2 Å². The molecule has 0 unspecified atom stereocenters. The van der Waals surface area contributed by atoms with Gasteiger partial charge in [-0.3, -0.25) is 4.90 Å². The summed E-state index contributed by atoms with van der Waals surface area (Å²) in [5.74, 6) is 1.65. The predicted molar refractivity (Wildman–Crippen MR) is 146 cm³/mol. The summed E-state index contributed by atoms with van der Waals surface area (Å²) in [6, 6.07) is 20.9. The Morgan fingerprint density at radius 3 is 2.18 bits per heavy atom. The van der Waals surface area contributed by atoms with E-state index in [0.29, 0.717) is 50.8 Å². The Labute approximate surface area is 225 Å². The Morgan fingerprint density at radius 1 is 0.816 bits per heavy atom. The summed E-state index contributed by atoms with van der Waals surface area (Å²) in [6.07, 6.45) is -0.194. The second-order valence-electron chi connectivity index (χ2n) is 9.28. The monoisotopic (exact) mass is 540 g/mol. The molecule has 0 amide bonds. The van der Waals surface area contributed by atoms with Gasteiger partial charge in [0.1, 0.15) is 5.75 Å². The molecule has 1 atom stereocenters. The normalized spacial score (nSPS) is 15.7. The maximum Gasteiger partial charge on any atom is 0.243 e. The van der Waals surface area contributed by atoms with Crippen LogP contribution in [0.25, 0.3) is 0 Å². The predicted octanol–water partition coefficient (Wildman–Crippen LogP) is 4.29. The van der Waals surface area contributed by atoms with Crippen LogP contribution in [0.3, 0.4) is 0 Å². The first-order valence-electron chi connectivity index (χ1n) is 12.6. The van der Waals surface area contributed by atoms with E-state index in [4.69, 9.17) is 18.9 Å².